The number of rotatable bonds is 3. The highest BCUT2D eigenvalue weighted by Gasteiger charge is 2.22. The number of likely N-dealkylation sites (tertiary alicyclic amines) is 1. The van der Waals surface area contributed by atoms with Crippen molar-refractivity contribution in [2.24, 2.45) is 5.73 Å². The maximum absolute atomic E-state index is 13.6. The second-order valence-electron chi connectivity index (χ2n) is 8.11. The fourth-order valence-corrected chi connectivity index (χ4v) is 4.04. The van der Waals surface area contributed by atoms with Crippen molar-refractivity contribution in [2.75, 3.05) is 13.1 Å². The number of aromatic amines is 1. The number of carbonyl (C=O) groups excluding carboxylic acids is 1. The third kappa shape index (κ3) is 4.00. The lowest BCUT2D eigenvalue weighted by Crippen LogP contribution is -2.45. The first-order chi connectivity index (χ1) is 15.9. The molecule has 0 radical (unpaired) electrons. The van der Waals surface area contributed by atoms with Gasteiger partial charge in [-0.2, -0.15) is 0 Å². The van der Waals surface area contributed by atoms with Gasteiger partial charge in [0.25, 0.3) is 11.5 Å². The van der Waals surface area contributed by atoms with Crippen LogP contribution in [0.1, 0.15) is 23.2 Å². The van der Waals surface area contributed by atoms with E-state index in [-0.39, 0.29) is 28.7 Å². The normalized spacial score (nSPS) is 16.3. The fraction of sp³-hybridized carbons (Fsp3) is 0.217. The summed E-state index contributed by atoms with van der Waals surface area (Å²) < 4.78 is 28.5. The molecule has 1 fully saturated rings. The van der Waals surface area contributed by atoms with Crippen LogP contribution < -0.4 is 11.3 Å². The van der Waals surface area contributed by atoms with E-state index < -0.39 is 17.2 Å². The lowest BCUT2D eigenvalue weighted by atomic mass is 10.1. The Hall–Kier alpha value is -3.92. The summed E-state index contributed by atoms with van der Waals surface area (Å²) in [7, 11) is 0. The van der Waals surface area contributed by atoms with Crippen molar-refractivity contribution in [1.29, 1.82) is 0 Å². The first kappa shape index (κ1) is 21.0. The molecule has 2 aromatic heterocycles. The van der Waals surface area contributed by atoms with E-state index in [1.165, 1.54) is 10.7 Å². The van der Waals surface area contributed by atoms with Crippen LogP contribution in [-0.2, 0) is 0 Å². The molecule has 0 unspecified atom stereocenters. The predicted octanol–water partition coefficient (Wildman–Crippen LogP) is 2.62. The number of fused-ring (bicyclic) bond motifs is 1. The Labute approximate surface area is 186 Å². The zero-order valence-electron chi connectivity index (χ0n) is 17.5. The molecule has 0 saturated carbocycles. The largest absolute Gasteiger partial charge is 0.337 e. The maximum Gasteiger partial charge on any atom is 0.258 e. The van der Waals surface area contributed by atoms with Crippen molar-refractivity contribution in [3.63, 3.8) is 0 Å². The van der Waals surface area contributed by atoms with Gasteiger partial charge in [-0.1, -0.05) is 5.21 Å². The van der Waals surface area contributed by atoms with E-state index in [1.54, 1.807) is 35.4 Å². The Morgan fingerprint density at radius 2 is 1.88 bits per heavy atom. The Bertz CT molecular complexity index is 1410. The summed E-state index contributed by atoms with van der Waals surface area (Å²) in [5.41, 5.74) is 7.30. The number of nitrogens with two attached hydrogens (primary N) is 1. The van der Waals surface area contributed by atoms with Crippen LogP contribution in [0.2, 0.25) is 0 Å². The molecule has 1 atom stereocenters. The van der Waals surface area contributed by atoms with Crippen LogP contribution in [0.15, 0.2) is 53.5 Å². The van der Waals surface area contributed by atoms with E-state index in [9.17, 15) is 18.4 Å². The molecule has 8 nitrogen and oxygen atoms in total. The summed E-state index contributed by atoms with van der Waals surface area (Å²) in [6.07, 6.45) is 3.36. The molecule has 168 valence electrons. The van der Waals surface area contributed by atoms with Gasteiger partial charge in [0.15, 0.2) is 11.6 Å². The van der Waals surface area contributed by atoms with Crippen molar-refractivity contribution in [2.45, 2.75) is 18.9 Å². The highest BCUT2D eigenvalue weighted by Crippen LogP contribution is 2.21. The van der Waals surface area contributed by atoms with Gasteiger partial charge in [-0.05, 0) is 49.2 Å². The van der Waals surface area contributed by atoms with Gasteiger partial charge in [-0.25, -0.2) is 13.5 Å². The Morgan fingerprint density at radius 1 is 1.12 bits per heavy atom. The Morgan fingerprint density at radius 3 is 2.64 bits per heavy atom. The van der Waals surface area contributed by atoms with Crippen LogP contribution in [0.5, 0.6) is 0 Å². The molecule has 1 saturated heterocycles. The first-order valence-corrected chi connectivity index (χ1v) is 10.5. The Balaban J connectivity index is 1.41. The van der Waals surface area contributed by atoms with Crippen molar-refractivity contribution >= 4 is 16.8 Å². The van der Waals surface area contributed by atoms with E-state index in [4.69, 9.17) is 5.73 Å². The molecule has 2 aromatic carbocycles. The Kier molecular flexibility index (Phi) is 5.21. The molecule has 10 heteroatoms. The van der Waals surface area contributed by atoms with Gasteiger partial charge in [0, 0.05) is 36.1 Å². The quantitative estimate of drug-likeness (QED) is 0.499. The molecule has 1 aliphatic heterocycles. The standard InChI is InChI=1S/C23H20F2N6O2/c24-18-9-14-8-17(22(32)27-20(14)10-19(18)25)21-12-31(29-28-21)16-5-3-13(4-6-16)23(33)30-7-1-2-15(26)11-30/h3-6,8-10,12,15H,1-2,7,11,26H2,(H,27,32)/t15-/m0/s1. The summed E-state index contributed by atoms with van der Waals surface area (Å²) in [6.45, 7) is 1.24. The molecule has 3 heterocycles. The molecule has 1 amide bonds. The number of H-pyrrole nitrogens is 1. The number of benzene rings is 2. The van der Waals surface area contributed by atoms with E-state index in [1.807, 2.05) is 0 Å². The zero-order valence-corrected chi connectivity index (χ0v) is 17.5. The molecule has 0 aliphatic carbocycles. The summed E-state index contributed by atoms with van der Waals surface area (Å²) in [6, 6.07) is 10.3. The van der Waals surface area contributed by atoms with Crippen LogP contribution in [0, 0.1) is 11.6 Å². The van der Waals surface area contributed by atoms with Gasteiger partial charge in [0.2, 0.25) is 0 Å². The number of pyridine rings is 1. The predicted molar refractivity (Wildman–Crippen MR) is 118 cm³/mol. The summed E-state index contributed by atoms with van der Waals surface area (Å²) in [4.78, 5) is 29.5. The molecule has 33 heavy (non-hydrogen) atoms. The van der Waals surface area contributed by atoms with Crippen LogP contribution in [0.4, 0.5) is 8.78 Å². The fourth-order valence-electron chi connectivity index (χ4n) is 4.04. The lowest BCUT2D eigenvalue weighted by Gasteiger charge is -2.30. The minimum absolute atomic E-state index is 0.00400. The van der Waals surface area contributed by atoms with Crippen molar-refractivity contribution in [3.05, 3.63) is 76.2 Å². The van der Waals surface area contributed by atoms with Gasteiger partial charge in [-0.15, -0.1) is 5.10 Å². The average molecular weight is 450 g/mol. The van der Waals surface area contributed by atoms with E-state index in [0.717, 1.165) is 25.0 Å². The summed E-state index contributed by atoms with van der Waals surface area (Å²) in [5, 5.41) is 8.44. The van der Waals surface area contributed by atoms with E-state index >= 15 is 0 Å². The third-order valence-corrected chi connectivity index (χ3v) is 5.78. The zero-order chi connectivity index (χ0) is 23.1. The smallest absolute Gasteiger partial charge is 0.258 e. The molecule has 0 bridgehead atoms. The highest BCUT2D eigenvalue weighted by molar-refractivity contribution is 5.94. The summed E-state index contributed by atoms with van der Waals surface area (Å²) in [5.74, 6) is -2.12. The number of nitrogens with one attached hydrogen (secondary N) is 1. The van der Waals surface area contributed by atoms with Crippen LogP contribution in [0.3, 0.4) is 0 Å². The van der Waals surface area contributed by atoms with Gasteiger partial charge in [0.1, 0.15) is 5.69 Å². The van der Waals surface area contributed by atoms with Gasteiger partial charge < -0.3 is 15.6 Å². The summed E-state index contributed by atoms with van der Waals surface area (Å²) >= 11 is 0. The molecular formula is C23H20F2N6O2. The van der Waals surface area contributed by atoms with Crippen LogP contribution in [0.25, 0.3) is 27.8 Å². The number of amides is 1. The molecule has 4 aromatic rings. The highest BCUT2D eigenvalue weighted by atomic mass is 19.2. The van der Waals surface area contributed by atoms with Crippen LogP contribution >= 0.6 is 0 Å². The monoisotopic (exact) mass is 450 g/mol. The first-order valence-electron chi connectivity index (χ1n) is 10.5. The molecule has 5 rings (SSSR count). The van der Waals surface area contributed by atoms with E-state index in [0.29, 0.717) is 29.7 Å². The number of carbonyl (C=O) groups is 1. The number of halogens is 2. The SMILES string of the molecule is N[C@H]1CCCN(C(=O)c2ccc(-n3cc(-c4cc5cc(F)c(F)cc5[nH]c4=O)nn3)cc2)C1. The van der Waals surface area contributed by atoms with Crippen LogP contribution in [-0.4, -0.2) is 49.9 Å². The third-order valence-electron chi connectivity index (χ3n) is 5.78. The number of piperidine rings is 1. The molecule has 3 N–H and O–H groups in total. The van der Waals surface area contributed by atoms with Crippen molar-refractivity contribution < 1.29 is 13.6 Å². The van der Waals surface area contributed by atoms with Gasteiger partial charge >= 0.3 is 0 Å². The average Bonchev–Trinajstić information content (AvgIpc) is 3.29. The minimum atomic E-state index is -1.04. The lowest BCUT2D eigenvalue weighted by molar-refractivity contribution is 0.0709. The van der Waals surface area contributed by atoms with Gasteiger partial charge in [-0.3, -0.25) is 9.59 Å². The minimum Gasteiger partial charge on any atom is -0.337 e. The number of nitrogens with zero attached hydrogens (tertiary/aromatic N) is 4. The number of aromatic nitrogens is 4. The topological polar surface area (TPSA) is 110 Å². The molecular weight excluding hydrogens is 430 g/mol. The molecule has 1 aliphatic rings. The van der Waals surface area contributed by atoms with Crippen molar-refractivity contribution in [3.8, 4) is 16.9 Å². The molecule has 0 spiro atoms. The van der Waals surface area contributed by atoms with E-state index in [2.05, 4.69) is 15.3 Å². The van der Waals surface area contributed by atoms with Crippen molar-refractivity contribution in [1.82, 2.24) is 24.9 Å². The number of hydrogen-bond donors (Lipinski definition) is 2. The second kappa shape index (κ2) is 8.21. The van der Waals surface area contributed by atoms with Gasteiger partial charge in [0.05, 0.1) is 23.0 Å². The number of hydrogen-bond acceptors (Lipinski definition) is 5. The maximum atomic E-state index is 13.6. The second-order valence-corrected chi connectivity index (χ2v) is 8.11.